The second-order valence-electron chi connectivity index (χ2n) is 4.34. The lowest BCUT2D eigenvalue weighted by Crippen LogP contribution is -2.49. The SMILES string of the molecule is COc1ccc([C@@H]2NC(=O)OCC2(F)F)c(OC)c1OC.Cl. The van der Waals surface area contributed by atoms with Gasteiger partial charge in [0.1, 0.15) is 6.04 Å². The number of hydrogen-bond donors (Lipinski definition) is 1. The molecule has 1 amide bonds. The van der Waals surface area contributed by atoms with Crippen molar-refractivity contribution in [1.29, 1.82) is 0 Å². The lowest BCUT2D eigenvalue weighted by Gasteiger charge is -2.32. The second kappa shape index (κ2) is 6.87. The van der Waals surface area contributed by atoms with Gasteiger partial charge in [-0.1, -0.05) is 0 Å². The number of hydrogen-bond acceptors (Lipinski definition) is 5. The van der Waals surface area contributed by atoms with Gasteiger partial charge in [0.05, 0.1) is 21.3 Å². The zero-order valence-corrected chi connectivity index (χ0v) is 13.0. The van der Waals surface area contributed by atoms with Crippen LogP contribution >= 0.6 is 12.4 Å². The molecule has 0 radical (unpaired) electrons. The van der Waals surface area contributed by atoms with E-state index in [-0.39, 0.29) is 29.5 Å². The summed E-state index contributed by atoms with van der Waals surface area (Å²) in [7, 11) is 4.10. The van der Waals surface area contributed by atoms with Gasteiger partial charge in [-0.25, -0.2) is 13.6 Å². The summed E-state index contributed by atoms with van der Waals surface area (Å²) in [6, 6.07) is 1.28. The van der Waals surface area contributed by atoms with Crippen molar-refractivity contribution in [2.24, 2.45) is 0 Å². The topological polar surface area (TPSA) is 66.0 Å². The number of cyclic esters (lactones) is 1. The van der Waals surface area contributed by atoms with Gasteiger partial charge >= 0.3 is 12.0 Å². The molecule has 0 spiro atoms. The van der Waals surface area contributed by atoms with Crippen LogP contribution in [0.4, 0.5) is 13.6 Å². The van der Waals surface area contributed by atoms with E-state index in [4.69, 9.17) is 14.2 Å². The van der Waals surface area contributed by atoms with Gasteiger partial charge in [-0.15, -0.1) is 12.4 Å². The van der Waals surface area contributed by atoms with Crippen molar-refractivity contribution < 1.29 is 32.5 Å². The molecule has 1 aromatic rings. The van der Waals surface area contributed by atoms with Gasteiger partial charge in [0.15, 0.2) is 18.1 Å². The number of carbonyl (C=O) groups excluding carboxylic acids is 1. The fourth-order valence-electron chi connectivity index (χ4n) is 2.17. The fraction of sp³-hybridized carbons (Fsp3) is 0.462. The Balaban J connectivity index is 0.00000242. The number of rotatable bonds is 4. The van der Waals surface area contributed by atoms with Gasteiger partial charge in [-0.3, -0.25) is 0 Å². The quantitative estimate of drug-likeness (QED) is 0.913. The second-order valence-corrected chi connectivity index (χ2v) is 4.34. The van der Waals surface area contributed by atoms with Crippen LogP contribution in [0.3, 0.4) is 0 Å². The molecule has 0 unspecified atom stereocenters. The molecule has 9 heteroatoms. The minimum absolute atomic E-state index is 0. The van der Waals surface area contributed by atoms with Crippen LogP contribution in [-0.4, -0.2) is 40.0 Å². The number of ether oxygens (including phenoxy) is 4. The van der Waals surface area contributed by atoms with E-state index >= 15 is 0 Å². The molecule has 1 aliphatic heterocycles. The minimum atomic E-state index is -3.28. The maximum atomic E-state index is 14.0. The van der Waals surface area contributed by atoms with E-state index in [0.29, 0.717) is 5.75 Å². The molecule has 6 nitrogen and oxygen atoms in total. The maximum absolute atomic E-state index is 14.0. The van der Waals surface area contributed by atoms with Gasteiger partial charge in [0.25, 0.3) is 0 Å². The molecule has 0 aliphatic carbocycles. The summed E-state index contributed by atoms with van der Waals surface area (Å²) in [5.74, 6) is -2.70. The Bertz CT molecular complexity index is 555. The van der Waals surface area contributed by atoms with Crippen molar-refractivity contribution in [2.75, 3.05) is 27.9 Å². The first-order valence-corrected chi connectivity index (χ1v) is 6.04. The predicted octanol–water partition coefficient (Wildman–Crippen LogP) is 2.55. The maximum Gasteiger partial charge on any atom is 0.408 e. The van der Waals surface area contributed by atoms with Crippen molar-refractivity contribution in [3.63, 3.8) is 0 Å². The average Bonchev–Trinajstić information content (AvgIpc) is 2.48. The summed E-state index contributed by atoms with van der Waals surface area (Å²) in [5, 5.41) is 2.10. The third kappa shape index (κ3) is 3.11. The van der Waals surface area contributed by atoms with Gasteiger partial charge in [-0.05, 0) is 12.1 Å². The van der Waals surface area contributed by atoms with E-state index in [0.717, 1.165) is 0 Å². The predicted molar refractivity (Wildman–Crippen MR) is 75.5 cm³/mol. The Morgan fingerprint density at radius 3 is 2.36 bits per heavy atom. The summed E-state index contributed by atoms with van der Waals surface area (Å²) in [6.07, 6.45) is -0.914. The Labute approximate surface area is 132 Å². The van der Waals surface area contributed by atoms with Crippen molar-refractivity contribution in [3.05, 3.63) is 17.7 Å². The van der Waals surface area contributed by atoms with Crippen molar-refractivity contribution in [3.8, 4) is 17.2 Å². The fourth-order valence-corrected chi connectivity index (χ4v) is 2.17. The first kappa shape index (κ1) is 18.1. The van der Waals surface area contributed by atoms with Crippen molar-refractivity contribution in [1.82, 2.24) is 5.32 Å². The molecular weight excluding hydrogens is 324 g/mol. The van der Waals surface area contributed by atoms with Crippen LogP contribution in [0.5, 0.6) is 17.2 Å². The molecule has 1 saturated heterocycles. The normalized spacial score (nSPS) is 19.3. The highest BCUT2D eigenvalue weighted by Crippen LogP contribution is 2.46. The van der Waals surface area contributed by atoms with Crippen LogP contribution in [0.25, 0.3) is 0 Å². The minimum Gasteiger partial charge on any atom is -0.493 e. The number of alkyl halides is 2. The largest absolute Gasteiger partial charge is 0.493 e. The van der Waals surface area contributed by atoms with Crippen LogP contribution in [0, 0.1) is 0 Å². The zero-order valence-electron chi connectivity index (χ0n) is 12.1. The molecule has 0 bridgehead atoms. The van der Waals surface area contributed by atoms with Crippen LogP contribution in [-0.2, 0) is 4.74 Å². The van der Waals surface area contributed by atoms with Crippen LogP contribution in [0.2, 0.25) is 0 Å². The first-order chi connectivity index (χ1) is 9.94. The summed E-state index contributed by atoms with van der Waals surface area (Å²) in [6.45, 7) is -0.999. The van der Waals surface area contributed by atoms with Gasteiger partial charge in [0, 0.05) is 5.56 Å². The monoisotopic (exact) mass is 339 g/mol. The Morgan fingerprint density at radius 2 is 1.82 bits per heavy atom. The molecule has 0 aromatic heterocycles. The van der Waals surface area contributed by atoms with E-state index in [1.54, 1.807) is 0 Å². The molecule has 124 valence electrons. The summed E-state index contributed by atoms with van der Waals surface area (Å²) in [4.78, 5) is 11.2. The van der Waals surface area contributed by atoms with Crippen LogP contribution in [0.1, 0.15) is 11.6 Å². The molecule has 1 heterocycles. The molecule has 2 rings (SSSR count). The summed E-state index contributed by atoms with van der Waals surface area (Å²) >= 11 is 0. The molecule has 1 aliphatic rings. The highest BCUT2D eigenvalue weighted by Gasteiger charge is 2.48. The average molecular weight is 340 g/mol. The third-order valence-electron chi connectivity index (χ3n) is 3.13. The van der Waals surface area contributed by atoms with Gasteiger partial charge in [-0.2, -0.15) is 0 Å². The number of methoxy groups -OCH3 is 3. The Kier molecular flexibility index (Phi) is 5.65. The highest BCUT2D eigenvalue weighted by molar-refractivity contribution is 5.85. The Morgan fingerprint density at radius 1 is 1.18 bits per heavy atom. The molecule has 1 aromatic carbocycles. The molecular formula is C13H16ClF2NO5. The van der Waals surface area contributed by atoms with E-state index < -0.39 is 24.7 Å². The molecule has 1 atom stereocenters. The highest BCUT2D eigenvalue weighted by atomic mass is 35.5. The molecule has 22 heavy (non-hydrogen) atoms. The number of halogens is 3. The lowest BCUT2D eigenvalue weighted by atomic mass is 9.98. The smallest absolute Gasteiger partial charge is 0.408 e. The first-order valence-electron chi connectivity index (χ1n) is 6.04. The van der Waals surface area contributed by atoms with E-state index in [9.17, 15) is 13.6 Å². The van der Waals surface area contributed by atoms with Crippen LogP contribution in [0.15, 0.2) is 12.1 Å². The zero-order chi connectivity index (χ0) is 15.6. The molecule has 0 saturated carbocycles. The van der Waals surface area contributed by atoms with Gasteiger partial charge < -0.3 is 24.3 Å². The number of benzene rings is 1. The molecule has 1 N–H and O–H groups in total. The number of alkyl carbamates (subject to hydrolysis) is 1. The van der Waals surface area contributed by atoms with Crippen LogP contribution < -0.4 is 19.5 Å². The number of carbonyl (C=O) groups is 1. The van der Waals surface area contributed by atoms with E-state index in [1.807, 2.05) is 0 Å². The third-order valence-corrected chi connectivity index (χ3v) is 3.13. The van der Waals surface area contributed by atoms with E-state index in [1.165, 1.54) is 33.5 Å². The summed E-state index contributed by atoms with van der Waals surface area (Å²) in [5.41, 5.74) is 0.0804. The van der Waals surface area contributed by atoms with Crippen molar-refractivity contribution >= 4 is 18.5 Å². The lowest BCUT2D eigenvalue weighted by molar-refractivity contribution is -0.104. The van der Waals surface area contributed by atoms with Gasteiger partial charge in [0.2, 0.25) is 5.75 Å². The number of amides is 1. The molecule has 1 fully saturated rings. The Hall–Kier alpha value is -1.96. The van der Waals surface area contributed by atoms with Crippen molar-refractivity contribution in [2.45, 2.75) is 12.0 Å². The standard InChI is InChI=1S/C13H15F2NO5.ClH/c1-18-8-5-4-7(9(19-2)10(8)20-3)11-13(14,15)6-21-12(17)16-11;/h4-5,11H,6H2,1-3H3,(H,16,17);1H/t11-;/m0./s1. The summed E-state index contributed by atoms with van der Waals surface area (Å²) < 4.78 is 47.7. The number of nitrogens with one attached hydrogen (secondary N) is 1. The van der Waals surface area contributed by atoms with E-state index in [2.05, 4.69) is 10.1 Å².